The second-order valence-electron chi connectivity index (χ2n) is 11.0. The molecule has 0 N–H and O–H groups in total. The Morgan fingerprint density at radius 1 is 0.811 bits per heavy atom. The topological polar surface area (TPSA) is 0 Å². The summed E-state index contributed by atoms with van der Waals surface area (Å²) in [7, 11) is 0. The Bertz CT molecular complexity index is 1200. The smallest absolute Gasteiger partial charge is 0.146 e. The molecule has 3 aromatic carbocycles. The van der Waals surface area contributed by atoms with Crippen LogP contribution in [-0.2, 0) is 12.8 Å². The summed E-state index contributed by atoms with van der Waals surface area (Å²) in [6, 6.07) is 18.3. The predicted molar refractivity (Wildman–Crippen MR) is 157 cm³/mol. The standard InChI is InChI=1S/C36H43F/c1-3-5-7-8-10-28-11-13-29(14-12-28)15-16-30-17-19-31(20-18-30)21-23-33-24-25-34-27-32(9-6-4-2)22-26-35(34)36(33)37/h4,17-20,22,24-29H,2-3,5-16H2,1H3. The molecule has 0 nitrogen and oxygen atoms in total. The van der Waals surface area contributed by atoms with E-state index in [1.807, 2.05) is 24.3 Å². The lowest BCUT2D eigenvalue weighted by Crippen LogP contribution is -2.15. The van der Waals surface area contributed by atoms with Crippen molar-refractivity contribution in [3.63, 3.8) is 0 Å². The van der Waals surface area contributed by atoms with Gasteiger partial charge in [0, 0.05) is 10.9 Å². The highest BCUT2D eigenvalue weighted by atomic mass is 19.1. The van der Waals surface area contributed by atoms with Crippen LogP contribution in [-0.4, -0.2) is 0 Å². The van der Waals surface area contributed by atoms with Crippen LogP contribution < -0.4 is 0 Å². The third kappa shape index (κ3) is 8.07. The van der Waals surface area contributed by atoms with Gasteiger partial charge in [0.1, 0.15) is 5.82 Å². The van der Waals surface area contributed by atoms with Crippen molar-refractivity contribution in [2.45, 2.75) is 90.4 Å². The molecule has 0 spiro atoms. The number of aryl methyl sites for hydroxylation is 2. The van der Waals surface area contributed by atoms with Crippen LogP contribution in [0.5, 0.6) is 0 Å². The third-order valence-corrected chi connectivity index (χ3v) is 8.22. The summed E-state index contributed by atoms with van der Waals surface area (Å²) in [6.45, 7) is 6.07. The lowest BCUT2D eigenvalue weighted by molar-refractivity contribution is 0.249. The van der Waals surface area contributed by atoms with Crippen LogP contribution in [0.2, 0.25) is 0 Å². The highest BCUT2D eigenvalue weighted by molar-refractivity contribution is 5.85. The average molecular weight is 495 g/mol. The zero-order valence-corrected chi connectivity index (χ0v) is 22.7. The van der Waals surface area contributed by atoms with E-state index in [2.05, 4.69) is 55.7 Å². The molecule has 1 fully saturated rings. The van der Waals surface area contributed by atoms with Crippen molar-refractivity contribution in [1.29, 1.82) is 0 Å². The molecular formula is C36H43F. The van der Waals surface area contributed by atoms with E-state index in [1.54, 1.807) is 6.07 Å². The maximum absolute atomic E-state index is 15.1. The normalized spacial score (nSPS) is 17.4. The quantitative estimate of drug-likeness (QED) is 0.141. The van der Waals surface area contributed by atoms with Crippen LogP contribution in [0.3, 0.4) is 0 Å². The molecule has 0 saturated heterocycles. The number of allylic oxidation sites excluding steroid dienone is 1. The number of hydrogen-bond acceptors (Lipinski definition) is 0. The minimum atomic E-state index is -0.229. The van der Waals surface area contributed by atoms with E-state index in [0.29, 0.717) is 10.9 Å². The summed E-state index contributed by atoms with van der Waals surface area (Å²) < 4.78 is 15.1. The second-order valence-corrected chi connectivity index (χ2v) is 11.0. The number of hydrogen-bond donors (Lipinski definition) is 0. The number of fused-ring (bicyclic) bond motifs is 1. The zero-order valence-electron chi connectivity index (χ0n) is 22.7. The van der Waals surface area contributed by atoms with Gasteiger partial charge in [-0.1, -0.05) is 119 Å². The number of benzene rings is 3. The van der Waals surface area contributed by atoms with Gasteiger partial charge < -0.3 is 0 Å². The Hall–Kier alpha value is -2.85. The minimum absolute atomic E-state index is 0.229. The fourth-order valence-electron chi connectivity index (χ4n) is 5.80. The van der Waals surface area contributed by atoms with E-state index in [9.17, 15) is 0 Å². The first-order valence-corrected chi connectivity index (χ1v) is 14.6. The minimum Gasteiger partial charge on any atom is -0.205 e. The maximum atomic E-state index is 15.1. The molecular weight excluding hydrogens is 451 g/mol. The first-order chi connectivity index (χ1) is 18.2. The Morgan fingerprint density at radius 2 is 1.54 bits per heavy atom. The summed E-state index contributed by atoms with van der Waals surface area (Å²) >= 11 is 0. The number of unbranched alkanes of at least 4 members (excludes halogenated alkanes) is 3. The molecule has 1 saturated carbocycles. The Balaban J connectivity index is 1.27. The Morgan fingerprint density at radius 3 is 2.27 bits per heavy atom. The zero-order chi connectivity index (χ0) is 25.9. The summed E-state index contributed by atoms with van der Waals surface area (Å²) in [6.07, 6.45) is 19.0. The molecule has 4 rings (SSSR count). The summed E-state index contributed by atoms with van der Waals surface area (Å²) in [5, 5.41) is 1.56. The van der Waals surface area contributed by atoms with Crippen molar-refractivity contribution in [2.24, 2.45) is 11.8 Å². The van der Waals surface area contributed by atoms with E-state index >= 15 is 4.39 Å². The lowest BCUT2D eigenvalue weighted by Gasteiger charge is -2.28. The SMILES string of the molecule is C=CCCc1ccc2c(F)c(C#Cc3ccc(CCC4CCC(CCCCCC)CC4)cc3)ccc2c1. The van der Waals surface area contributed by atoms with E-state index in [0.717, 1.165) is 42.0 Å². The molecule has 0 aromatic heterocycles. The molecule has 3 aromatic rings. The summed E-state index contributed by atoms with van der Waals surface area (Å²) in [5.74, 6) is 7.87. The van der Waals surface area contributed by atoms with Gasteiger partial charge in [0.25, 0.3) is 0 Å². The molecule has 0 aliphatic heterocycles. The number of rotatable bonds is 11. The van der Waals surface area contributed by atoms with Gasteiger partial charge in [-0.3, -0.25) is 0 Å². The molecule has 1 aliphatic rings. The fraction of sp³-hybridized carbons (Fsp3) is 0.444. The second kappa shape index (κ2) is 14.2. The van der Waals surface area contributed by atoms with Gasteiger partial charge in [-0.05, 0) is 72.2 Å². The number of halogens is 1. The van der Waals surface area contributed by atoms with Crippen molar-refractivity contribution in [1.82, 2.24) is 0 Å². The molecule has 0 radical (unpaired) electrons. The van der Waals surface area contributed by atoms with E-state index < -0.39 is 0 Å². The van der Waals surface area contributed by atoms with Crippen molar-refractivity contribution in [3.8, 4) is 11.8 Å². The molecule has 0 unspecified atom stereocenters. The first-order valence-electron chi connectivity index (χ1n) is 14.6. The average Bonchev–Trinajstić information content (AvgIpc) is 2.94. The molecule has 1 heteroatoms. The van der Waals surface area contributed by atoms with Gasteiger partial charge in [0.15, 0.2) is 0 Å². The Labute approximate surface area is 224 Å². The highest BCUT2D eigenvalue weighted by Crippen LogP contribution is 2.34. The van der Waals surface area contributed by atoms with Gasteiger partial charge >= 0.3 is 0 Å². The van der Waals surface area contributed by atoms with E-state index in [1.165, 1.54) is 75.3 Å². The molecule has 0 heterocycles. The van der Waals surface area contributed by atoms with Crippen LogP contribution in [0.25, 0.3) is 10.8 Å². The molecule has 0 amide bonds. The summed E-state index contributed by atoms with van der Waals surface area (Å²) in [4.78, 5) is 0. The monoisotopic (exact) mass is 494 g/mol. The van der Waals surface area contributed by atoms with Gasteiger partial charge in [-0.15, -0.1) is 6.58 Å². The van der Waals surface area contributed by atoms with Crippen molar-refractivity contribution >= 4 is 10.8 Å². The van der Waals surface area contributed by atoms with E-state index in [-0.39, 0.29) is 5.82 Å². The van der Waals surface area contributed by atoms with Crippen LogP contribution >= 0.6 is 0 Å². The van der Waals surface area contributed by atoms with Gasteiger partial charge in [0.2, 0.25) is 0 Å². The fourth-order valence-corrected chi connectivity index (χ4v) is 5.80. The van der Waals surface area contributed by atoms with Crippen molar-refractivity contribution < 1.29 is 4.39 Å². The highest BCUT2D eigenvalue weighted by Gasteiger charge is 2.20. The van der Waals surface area contributed by atoms with Crippen molar-refractivity contribution in [3.05, 3.63) is 95.3 Å². The molecule has 1 aliphatic carbocycles. The van der Waals surface area contributed by atoms with Crippen LogP contribution in [0.15, 0.2) is 67.3 Å². The van der Waals surface area contributed by atoms with Crippen molar-refractivity contribution in [2.75, 3.05) is 0 Å². The van der Waals surface area contributed by atoms with Gasteiger partial charge in [-0.2, -0.15) is 0 Å². The van der Waals surface area contributed by atoms with Gasteiger partial charge in [0.05, 0.1) is 5.56 Å². The summed E-state index contributed by atoms with van der Waals surface area (Å²) in [5.41, 5.74) is 3.98. The lowest BCUT2D eigenvalue weighted by atomic mass is 9.77. The molecule has 0 bridgehead atoms. The third-order valence-electron chi connectivity index (χ3n) is 8.22. The van der Waals surface area contributed by atoms with Crippen LogP contribution in [0, 0.1) is 29.5 Å². The maximum Gasteiger partial charge on any atom is 0.146 e. The van der Waals surface area contributed by atoms with E-state index in [4.69, 9.17) is 0 Å². The first kappa shape index (κ1) is 27.2. The van der Waals surface area contributed by atoms with Gasteiger partial charge in [-0.25, -0.2) is 4.39 Å². The molecule has 0 atom stereocenters. The predicted octanol–water partition coefficient (Wildman–Crippen LogP) is 10.2. The largest absolute Gasteiger partial charge is 0.205 e. The van der Waals surface area contributed by atoms with Crippen LogP contribution in [0.1, 0.15) is 99.8 Å². The Kier molecular flexibility index (Phi) is 10.4. The molecule has 194 valence electrons. The van der Waals surface area contributed by atoms with Crippen LogP contribution in [0.4, 0.5) is 4.39 Å². The molecule has 37 heavy (non-hydrogen) atoms.